The van der Waals surface area contributed by atoms with Crippen LogP contribution in [0.2, 0.25) is 0 Å². The monoisotopic (exact) mass is 422 g/mol. The van der Waals surface area contributed by atoms with Crippen molar-refractivity contribution in [3.63, 3.8) is 0 Å². The minimum absolute atomic E-state index is 0.550. The van der Waals surface area contributed by atoms with E-state index in [4.69, 9.17) is 11.6 Å². The summed E-state index contributed by atoms with van der Waals surface area (Å²) in [5, 5.41) is 5.65. The van der Waals surface area contributed by atoms with Gasteiger partial charge >= 0.3 is 0 Å². The molecule has 0 fully saturated rings. The predicted octanol–water partition coefficient (Wildman–Crippen LogP) is 5.19. The lowest BCUT2D eigenvalue weighted by molar-refractivity contribution is 0.504. The molecule has 0 amide bonds. The Balaban J connectivity index is 1.81. The van der Waals surface area contributed by atoms with E-state index in [-0.39, 0.29) is 0 Å². The summed E-state index contributed by atoms with van der Waals surface area (Å²) in [6, 6.07) is 7.66. The summed E-state index contributed by atoms with van der Waals surface area (Å²) in [5.41, 5.74) is 3.50. The van der Waals surface area contributed by atoms with Gasteiger partial charge in [-0.05, 0) is 46.5 Å². The Bertz CT molecular complexity index is 1160. The van der Waals surface area contributed by atoms with Crippen LogP contribution in [0.4, 0.5) is 5.69 Å². The van der Waals surface area contributed by atoms with Crippen LogP contribution in [0.5, 0.6) is 0 Å². The van der Waals surface area contributed by atoms with Gasteiger partial charge in [0.25, 0.3) is 0 Å². The molecule has 0 unspecified atom stereocenters. The highest BCUT2D eigenvalue weighted by molar-refractivity contribution is 9.10. The maximum atomic E-state index is 7.25. The maximum absolute atomic E-state index is 7.25. The summed E-state index contributed by atoms with van der Waals surface area (Å²) in [5.74, 6) is 1.54. The van der Waals surface area contributed by atoms with Crippen LogP contribution in [0.15, 0.2) is 41.3 Å². The number of hydrogen-bond donors (Lipinski definition) is 0. The van der Waals surface area contributed by atoms with Crippen molar-refractivity contribution >= 4 is 43.6 Å². The summed E-state index contributed by atoms with van der Waals surface area (Å²) < 4.78 is 4.98. The number of hydrogen-bond acceptors (Lipinski definition) is 3. The number of aryl methyl sites for hydroxylation is 1. The summed E-state index contributed by atoms with van der Waals surface area (Å²) in [7, 11) is 0. The Labute approximate surface area is 165 Å². The highest BCUT2D eigenvalue weighted by atomic mass is 79.9. The van der Waals surface area contributed by atoms with Crippen molar-refractivity contribution in [1.29, 1.82) is 0 Å². The topological polar surface area (TPSA) is 52.9 Å². The second-order valence-electron chi connectivity index (χ2n) is 6.99. The molecule has 3 heterocycles. The molecule has 0 spiro atoms. The van der Waals surface area contributed by atoms with E-state index >= 15 is 0 Å². The fraction of sp³-hybridized carbons (Fsp3) is 0.300. The minimum Gasteiger partial charge on any atom is -0.326 e. The number of rotatable bonds is 5. The molecule has 1 aromatic carbocycles. The SMILES string of the molecule is [C-]#[N+]c1ccc2c(c1)nc(Cn1nc(Br)c3ccncc31)n2CCC(C)C. The van der Waals surface area contributed by atoms with E-state index in [9.17, 15) is 0 Å². The molecule has 0 aliphatic rings. The summed E-state index contributed by atoms with van der Waals surface area (Å²) >= 11 is 3.53. The van der Waals surface area contributed by atoms with Crippen LogP contribution < -0.4 is 0 Å². The minimum atomic E-state index is 0.550. The van der Waals surface area contributed by atoms with Crippen molar-refractivity contribution < 1.29 is 0 Å². The second kappa shape index (κ2) is 7.12. The first-order valence-corrected chi connectivity index (χ1v) is 9.68. The first kappa shape index (κ1) is 17.7. The van der Waals surface area contributed by atoms with Gasteiger partial charge in [-0.25, -0.2) is 9.83 Å². The molecule has 0 radical (unpaired) electrons. The second-order valence-corrected chi connectivity index (χ2v) is 7.74. The van der Waals surface area contributed by atoms with E-state index in [1.807, 2.05) is 35.1 Å². The van der Waals surface area contributed by atoms with Crippen molar-refractivity contribution in [2.75, 3.05) is 0 Å². The Kier molecular flexibility index (Phi) is 4.66. The van der Waals surface area contributed by atoms with Crippen molar-refractivity contribution in [2.24, 2.45) is 5.92 Å². The van der Waals surface area contributed by atoms with Gasteiger partial charge in [-0.1, -0.05) is 19.9 Å². The number of aromatic nitrogens is 5. The molecule has 3 aromatic heterocycles. The summed E-state index contributed by atoms with van der Waals surface area (Å²) in [6.07, 6.45) is 4.66. The Morgan fingerprint density at radius 2 is 2.07 bits per heavy atom. The number of pyridine rings is 1. The molecule has 0 atom stereocenters. The fourth-order valence-electron chi connectivity index (χ4n) is 3.23. The van der Waals surface area contributed by atoms with Crippen LogP contribution in [-0.4, -0.2) is 24.3 Å². The lowest BCUT2D eigenvalue weighted by Gasteiger charge is -2.11. The number of fused-ring (bicyclic) bond motifs is 2. The lowest BCUT2D eigenvalue weighted by atomic mass is 10.1. The molecule has 0 aliphatic heterocycles. The van der Waals surface area contributed by atoms with E-state index in [1.165, 1.54) is 0 Å². The first-order valence-electron chi connectivity index (χ1n) is 8.89. The molecule has 7 heteroatoms. The molecule has 4 aromatic rings. The lowest BCUT2D eigenvalue weighted by Crippen LogP contribution is -2.11. The Hall–Kier alpha value is -2.72. The van der Waals surface area contributed by atoms with Crippen LogP contribution in [0.3, 0.4) is 0 Å². The van der Waals surface area contributed by atoms with Gasteiger partial charge < -0.3 is 4.57 Å². The van der Waals surface area contributed by atoms with Gasteiger partial charge in [0, 0.05) is 18.1 Å². The number of imidazole rings is 1. The van der Waals surface area contributed by atoms with Gasteiger partial charge in [0.2, 0.25) is 0 Å². The highest BCUT2D eigenvalue weighted by Crippen LogP contribution is 2.26. The van der Waals surface area contributed by atoms with E-state index in [0.717, 1.165) is 45.3 Å². The van der Waals surface area contributed by atoms with E-state index in [0.29, 0.717) is 18.2 Å². The molecule has 6 nitrogen and oxygen atoms in total. The molecule has 0 saturated carbocycles. The Morgan fingerprint density at radius 3 is 2.85 bits per heavy atom. The van der Waals surface area contributed by atoms with Gasteiger partial charge in [0.15, 0.2) is 5.69 Å². The molecule has 136 valence electrons. The van der Waals surface area contributed by atoms with Crippen LogP contribution >= 0.6 is 15.9 Å². The smallest absolute Gasteiger partial charge is 0.189 e. The van der Waals surface area contributed by atoms with Crippen LogP contribution in [0.1, 0.15) is 26.1 Å². The van der Waals surface area contributed by atoms with Crippen molar-refractivity contribution in [1.82, 2.24) is 24.3 Å². The predicted molar refractivity (Wildman–Crippen MR) is 110 cm³/mol. The molecule has 0 bridgehead atoms. The summed E-state index contributed by atoms with van der Waals surface area (Å²) in [4.78, 5) is 12.6. The molecule has 0 aliphatic carbocycles. The van der Waals surface area contributed by atoms with E-state index in [1.54, 1.807) is 6.20 Å². The quantitative estimate of drug-likeness (QED) is 0.415. The van der Waals surface area contributed by atoms with Crippen molar-refractivity contribution in [2.45, 2.75) is 33.4 Å². The normalized spacial score (nSPS) is 11.5. The average Bonchev–Trinajstić information content (AvgIpc) is 3.17. The number of halogens is 1. The van der Waals surface area contributed by atoms with Crippen LogP contribution in [0.25, 0.3) is 26.8 Å². The average molecular weight is 423 g/mol. The Morgan fingerprint density at radius 1 is 1.22 bits per heavy atom. The van der Waals surface area contributed by atoms with E-state index in [2.05, 4.69) is 49.3 Å². The van der Waals surface area contributed by atoms with Crippen LogP contribution in [0, 0.1) is 12.5 Å². The number of benzene rings is 1. The third-order valence-corrected chi connectivity index (χ3v) is 5.26. The van der Waals surface area contributed by atoms with Gasteiger partial charge in [0.05, 0.1) is 35.9 Å². The fourth-order valence-corrected chi connectivity index (χ4v) is 3.76. The van der Waals surface area contributed by atoms with Gasteiger partial charge in [-0.2, -0.15) is 5.10 Å². The van der Waals surface area contributed by atoms with E-state index < -0.39 is 0 Å². The van der Waals surface area contributed by atoms with Gasteiger partial charge in [-0.15, -0.1) is 0 Å². The third kappa shape index (κ3) is 3.33. The number of nitrogens with zero attached hydrogens (tertiary/aromatic N) is 6. The maximum Gasteiger partial charge on any atom is 0.189 e. The third-order valence-electron chi connectivity index (χ3n) is 4.67. The molecular weight excluding hydrogens is 404 g/mol. The standard InChI is InChI=1S/C20H19BrN6/c1-13(2)7-9-26-17-5-4-14(22-3)10-16(17)24-19(26)12-27-18-11-23-8-6-15(18)20(21)25-27/h4-6,8,10-11,13H,7,9,12H2,1-2H3. The first-order chi connectivity index (χ1) is 13.1. The van der Waals surface area contributed by atoms with Gasteiger partial charge in [0.1, 0.15) is 10.4 Å². The van der Waals surface area contributed by atoms with Crippen LogP contribution in [-0.2, 0) is 13.1 Å². The zero-order valence-electron chi connectivity index (χ0n) is 15.2. The zero-order chi connectivity index (χ0) is 19.0. The van der Waals surface area contributed by atoms with Crippen molar-refractivity contribution in [3.05, 3.63) is 58.5 Å². The molecule has 0 N–H and O–H groups in total. The molecule has 27 heavy (non-hydrogen) atoms. The van der Waals surface area contributed by atoms with Crippen molar-refractivity contribution in [3.8, 4) is 0 Å². The van der Waals surface area contributed by atoms with Gasteiger partial charge in [-0.3, -0.25) is 9.67 Å². The zero-order valence-corrected chi connectivity index (χ0v) is 16.8. The highest BCUT2D eigenvalue weighted by Gasteiger charge is 2.15. The molecular formula is C20H19BrN6. The molecule has 0 saturated heterocycles. The summed E-state index contributed by atoms with van der Waals surface area (Å²) in [6.45, 7) is 13.1. The largest absolute Gasteiger partial charge is 0.326 e. The molecule has 4 rings (SSSR count).